The Kier molecular flexibility index (Phi) is 6.26. The normalized spacial score (nSPS) is 15.7. The molecule has 2 aromatic carbocycles. The van der Waals surface area contributed by atoms with Crippen molar-refractivity contribution in [1.29, 1.82) is 0 Å². The molecule has 8 heteroatoms. The molecule has 0 aromatic heterocycles. The van der Waals surface area contributed by atoms with Gasteiger partial charge in [0.05, 0.1) is 10.6 Å². The van der Waals surface area contributed by atoms with E-state index < -0.39 is 21.6 Å². The lowest BCUT2D eigenvalue weighted by molar-refractivity contribution is -0.118. The van der Waals surface area contributed by atoms with Crippen LogP contribution in [0.2, 0.25) is 0 Å². The van der Waals surface area contributed by atoms with Crippen molar-refractivity contribution in [1.82, 2.24) is 0 Å². The third-order valence-corrected chi connectivity index (χ3v) is 6.97. The highest BCUT2D eigenvalue weighted by molar-refractivity contribution is 7.91. The molecule has 1 aliphatic heterocycles. The lowest BCUT2D eigenvalue weighted by Gasteiger charge is -2.22. The minimum Gasteiger partial charge on any atom is -0.326 e. The molecule has 0 bridgehead atoms. The molecule has 1 unspecified atom stereocenters. The first kappa shape index (κ1) is 22.0. The van der Waals surface area contributed by atoms with E-state index in [1.165, 1.54) is 24.3 Å². The highest BCUT2D eigenvalue weighted by atomic mass is 32.2. The van der Waals surface area contributed by atoms with Gasteiger partial charge in [0.2, 0.25) is 11.8 Å². The van der Waals surface area contributed by atoms with Crippen LogP contribution < -0.4 is 10.2 Å². The number of rotatable bonds is 6. The fourth-order valence-electron chi connectivity index (χ4n) is 3.68. The summed E-state index contributed by atoms with van der Waals surface area (Å²) < 4.78 is 38.7. The molecule has 1 heterocycles. The van der Waals surface area contributed by atoms with Gasteiger partial charge in [0.1, 0.15) is 5.82 Å². The number of fused-ring (bicyclic) bond motifs is 1. The summed E-state index contributed by atoms with van der Waals surface area (Å²) in [7, 11) is -3.67. The fourth-order valence-corrected chi connectivity index (χ4v) is 4.96. The van der Waals surface area contributed by atoms with E-state index in [2.05, 4.69) is 5.32 Å². The standard InChI is InChI=1S/C22H25FN2O4S/c1-4-22(27)25-15(3)12-16-13-18(6-8-20(16)25)30(28,29)10-9-21(26)24-19-7-5-17(23)11-14(19)2/h5-8,11,13,15H,4,9-10,12H2,1-3H3,(H,24,26). The van der Waals surface area contributed by atoms with E-state index in [0.717, 1.165) is 11.3 Å². The maximum absolute atomic E-state index is 13.2. The zero-order valence-electron chi connectivity index (χ0n) is 17.2. The van der Waals surface area contributed by atoms with Crippen molar-refractivity contribution in [3.8, 4) is 0 Å². The smallest absolute Gasteiger partial charge is 0.226 e. The molecular formula is C22H25FN2O4S. The van der Waals surface area contributed by atoms with Gasteiger partial charge in [0, 0.05) is 30.3 Å². The Morgan fingerprint density at radius 2 is 1.93 bits per heavy atom. The average Bonchev–Trinajstić information content (AvgIpc) is 3.03. The molecule has 1 atom stereocenters. The Morgan fingerprint density at radius 1 is 1.20 bits per heavy atom. The first-order valence-corrected chi connectivity index (χ1v) is 11.5. The van der Waals surface area contributed by atoms with Crippen LogP contribution in [0.15, 0.2) is 41.3 Å². The fraction of sp³-hybridized carbons (Fsp3) is 0.364. The largest absolute Gasteiger partial charge is 0.326 e. The average molecular weight is 433 g/mol. The number of carbonyl (C=O) groups is 2. The van der Waals surface area contributed by atoms with Crippen LogP contribution in [-0.2, 0) is 25.8 Å². The second-order valence-electron chi connectivity index (χ2n) is 7.54. The third kappa shape index (κ3) is 4.53. The van der Waals surface area contributed by atoms with Crippen molar-refractivity contribution in [3.63, 3.8) is 0 Å². The van der Waals surface area contributed by atoms with Crippen LogP contribution in [0.3, 0.4) is 0 Å². The van der Waals surface area contributed by atoms with Gasteiger partial charge in [0.15, 0.2) is 9.84 Å². The summed E-state index contributed by atoms with van der Waals surface area (Å²) in [5.41, 5.74) is 2.57. The molecule has 6 nitrogen and oxygen atoms in total. The topological polar surface area (TPSA) is 83.6 Å². The predicted molar refractivity (Wildman–Crippen MR) is 114 cm³/mol. The summed E-state index contributed by atoms with van der Waals surface area (Å²) in [6.07, 6.45) is 0.758. The number of nitrogens with zero attached hydrogens (tertiary/aromatic N) is 1. The highest BCUT2D eigenvalue weighted by Gasteiger charge is 2.31. The molecular weight excluding hydrogens is 407 g/mol. The number of benzene rings is 2. The summed E-state index contributed by atoms with van der Waals surface area (Å²) in [6, 6.07) is 8.72. The van der Waals surface area contributed by atoms with Crippen LogP contribution in [0.4, 0.5) is 15.8 Å². The van der Waals surface area contributed by atoms with Gasteiger partial charge >= 0.3 is 0 Å². The van der Waals surface area contributed by atoms with E-state index in [0.29, 0.717) is 24.1 Å². The summed E-state index contributed by atoms with van der Waals surface area (Å²) >= 11 is 0. The molecule has 160 valence electrons. The van der Waals surface area contributed by atoms with E-state index in [1.54, 1.807) is 30.9 Å². The van der Waals surface area contributed by atoms with E-state index in [9.17, 15) is 22.4 Å². The third-order valence-electron chi connectivity index (χ3n) is 5.26. The van der Waals surface area contributed by atoms with Crippen LogP contribution in [0.25, 0.3) is 0 Å². The highest BCUT2D eigenvalue weighted by Crippen LogP contribution is 2.34. The lowest BCUT2D eigenvalue weighted by Crippen LogP contribution is -2.35. The Morgan fingerprint density at radius 3 is 2.60 bits per heavy atom. The number of anilines is 2. The maximum Gasteiger partial charge on any atom is 0.226 e. The van der Waals surface area contributed by atoms with Crippen LogP contribution >= 0.6 is 0 Å². The van der Waals surface area contributed by atoms with Gasteiger partial charge < -0.3 is 10.2 Å². The number of hydrogen-bond acceptors (Lipinski definition) is 4. The van der Waals surface area contributed by atoms with Crippen molar-refractivity contribution in [2.75, 3.05) is 16.0 Å². The molecule has 1 N–H and O–H groups in total. The quantitative estimate of drug-likeness (QED) is 0.756. The van der Waals surface area contributed by atoms with Crippen LogP contribution in [0, 0.1) is 12.7 Å². The van der Waals surface area contributed by atoms with Gasteiger partial charge in [-0.3, -0.25) is 9.59 Å². The van der Waals surface area contributed by atoms with Crippen LogP contribution in [-0.4, -0.2) is 32.0 Å². The van der Waals surface area contributed by atoms with Crippen molar-refractivity contribution >= 4 is 33.0 Å². The van der Waals surface area contributed by atoms with Gasteiger partial charge in [0.25, 0.3) is 0 Å². The monoisotopic (exact) mass is 432 g/mol. The zero-order valence-corrected chi connectivity index (χ0v) is 18.1. The van der Waals surface area contributed by atoms with Gasteiger partial charge in [-0.15, -0.1) is 0 Å². The summed E-state index contributed by atoms with van der Waals surface area (Å²) in [4.78, 5) is 26.2. The van der Waals surface area contributed by atoms with Crippen molar-refractivity contribution in [3.05, 3.63) is 53.3 Å². The Hall–Kier alpha value is -2.74. The lowest BCUT2D eigenvalue weighted by atomic mass is 10.1. The van der Waals surface area contributed by atoms with Crippen molar-refractivity contribution in [2.45, 2.75) is 51.0 Å². The molecule has 30 heavy (non-hydrogen) atoms. The van der Waals surface area contributed by atoms with Crippen molar-refractivity contribution in [2.24, 2.45) is 0 Å². The first-order valence-electron chi connectivity index (χ1n) is 9.86. The van der Waals surface area contributed by atoms with Crippen LogP contribution in [0.5, 0.6) is 0 Å². The molecule has 2 aromatic rings. The second-order valence-corrected chi connectivity index (χ2v) is 9.65. The molecule has 0 spiro atoms. The first-order chi connectivity index (χ1) is 14.1. The molecule has 0 radical (unpaired) electrons. The minimum absolute atomic E-state index is 0.00427. The molecule has 0 saturated carbocycles. The maximum atomic E-state index is 13.2. The summed E-state index contributed by atoms with van der Waals surface area (Å²) in [6.45, 7) is 5.39. The number of hydrogen-bond donors (Lipinski definition) is 1. The minimum atomic E-state index is -3.67. The summed E-state index contributed by atoms with van der Waals surface area (Å²) in [5, 5.41) is 2.62. The number of nitrogens with one attached hydrogen (secondary N) is 1. The molecule has 0 aliphatic carbocycles. The van der Waals surface area contributed by atoms with Gasteiger partial charge in [-0.2, -0.15) is 0 Å². The van der Waals surface area contributed by atoms with E-state index in [4.69, 9.17) is 0 Å². The predicted octanol–water partition coefficient (Wildman–Crippen LogP) is 3.62. The van der Waals surface area contributed by atoms with Crippen LogP contribution in [0.1, 0.15) is 37.8 Å². The second kappa shape index (κ2) is 8.55. The molecule has 3 rings (SSSR count). The SMILES string of the molecule is CCC(=O)N1c2ccc(S(=O)(=O)CCC(=O)Nc3ccc(F)cc3C)cc2CC1C. The number of aryl methyl sites for hydroxylation is 1. The molecule has 1 aliphatic rings. The van der Waals surface area contributed by atoms with E-state index in [-0.39, 0.29) is 29.0 Å². The van der Waals surface area contributed by atoms with E-state index in [1.807, 2.05) is 6.92 Å². The zero-order chi connectivity index (χ0) is 22.1. The Bertz CT molecular complexity index is 1100. The van der Waals surface area contributed by atoms with Gasteiger partial charge in [-0.1, -0.05) is 6.92 Å². The number of carbonyl (C=O) groups excluding carboxylic acids is 2. The number of amides is 2. The Balaban J connectivity index is 1.70. The Labute approximate surface area is 176 Å². The van der Waals surface area contributed by atoms with E-state index >= 15 is 0 Å². The molecule has 2 amide bonds. The van der Waals surface area contributed by atoms with Gasteiger partial charge in [-0.25, -0.2) is 12.8 Å². The molecule has 0 fully saturated rings. The molecule has 0 saturated heterocycles. The number of halogens is 1. The summed E-state index contributed by atoms with van der Waals surface area (Å²) in [5.74, 6) is -1.20. The van der Waals surface area contributed by atoms with Crippen molar-refractivity contribution < 1.29 is 22.4 Å². The van der Waals surface area contributed by atoms with Gasteiger partial charge in [-0.05, 0) is 67.8 Å². The number of sulfone groups is 1.